The van der Waals surface area contributed by atoms with E-state index in [9.17, 15) is 13.6 Å². The van der Waals surface area contributed by atoms with Gasteiger partial charge in [-0.25, -0.2) is 8.78 Å². The van der Waals surface area contributed by atoms with Gasteiger partial charge in [-0.15, -0.1) is 0 Å². The topological polar surface area (TPSA) is 55.1 Å². The highest BCUT2D eigenvalue weighted by molar-refractivity contribution is 9.10. The Labute approximate surface area is 132 Å². The summed E-state index contributed by atoms with van der Waals surface area (Å²) in [7, 11) is 0. The second-order valence-electron chi connectivity index (χ2n) is 5.41. The normalized spacial score (nSPS) is 12.5. The summed E-state index contributed by atoms with van der Waals surface area (Å²) in [4.78, 5) is 11.8. The van der Waals surface area contributed by atoms with Gasteiger partial charge in [0.05, 0.1) is 0 Å². The molecule has 1 aromatic carbocycles. The molecule has 0 aliphatic rings. The lowest BCUT2D eigenvalue weighted by molar-refractivity contribution is -0.116. The molecule has 21 heavy (non-hydrogen) atoms. The number of halogens is 3. The summed E-state index contributed by atoms with van der Waals surface area (Å²) in [5, 5.41) is 2.30. The van der Waals surface area contributed by atoms with Crippen molar-refractivity contribution < 1.29 is 13.6 Å². The molecule has 0 radical (unpaired) electrons. The van der Waals surface area contributed by atoms with Crippen LogP contribution in [0.5, 0.6) is 0 Å². The van der Waals surface area contributed by atoms with Crippen molar-refractivity contribution in [2.75, 3.05) is 11.9 Å². The molecular weight excluding hydrogens is 342 g/mol. The number of rotatable bonds is 7. The molecule has 0 saturated carbocycles. The minimum atomic E-state index is -0.794. The number of carbonyl (C=O) groups is 1. The van der Waals surface area contributed by atoms with E-state index in [-0.39, 0.29) is 6.42 Å². The molecule has 118 valence electrons. The van der Waals surface area contributed by atoms with Gasteiger partial charge in [0.2, 0.25) is 5.91 Å². The van der Waals surface area contributed by atoms with Gasteiger partial charge in [0, 0.05) is 10.9 Å². The van der Waals surface area contributed by atoms with Gasteiger partial charge in [0.1, 0.15) is 5.69 Å². The molecule has 0 heterocycles. The van der Waals surface area contributed by atoms with Gasteiger partial charge < -0.3 is 11.1 Å². The van der Waals surface area contributed by atoms with Gasteiger partial charge in [0.15, 0.2) is 11.6 Å². The highest BCUT2D eigenvalue weighted by Gasteiger charge is 2.17. The monoisotopic (exact) mass is 362 g/mol. The molecule has 3 N–H and O–H groups in total. The number of nitrogens with one attached hydrogen (secondary N) is 1. The summed E-state index contributed by atoms with van der Waals surface area (Å²) in [6.07, 6.45) is 1.71. The molecule has 1 rings (SSSR count). The maximum atomic E-state index is 13.6. The fourth-order valence-corrected chi connectivity index (χ4v) is 2.61. The number of nitrogens with two attached hydrogens (primary N) is 1. The SMILES string of the molecule is CC(C)C(CCN)CCC(=O)Nc1c(F)cc(Br)cc1F. The minimum Gasteiger partial charge on any atom is -0.330 e. The maximum Gasteiger partial charge on any atom is 0.224 e. The molecule has 0 spiro atoms. The van der Waals surface area contributed by atoms with Crippen LogP contribution in [0.4, 0.5) is 14.5 Å². The largest absolute Gasteiger partial charge is 0.330 e. The molecule has 1 aromatic rings. The molecule has 0 aliphatic heterocycles. The maximum absolute atomic E-state index is 13.6. The third kappa shape index (κ3) is 5.71. The van der Waals surface area contributed by atoms with Gasteiger partial charge >= 0.3 is 0 Å². The summed E-state index contributed by atoms with van der Waals surface area (Å²) >= 11 is 2.99. The number of anilines is 1. The van der Waals surface area contributed by atoms with E-state index in [4.69, 9.17) is 5.73 Å². The average molecular weight is 363 g/mol. The van der Waals surface area contributed by atoms with Crippen LogP contribution in [0.1, 0.15) is 33.1 Å². The summed E-state index contributed by atoms with van der Waals surface area (Å²) in [6, 6.07) is 2.23. The fraction of sp³-hybridized carbons (Fsp3) is 0.533. The number of carbonyl (C=O) groups excluding carboxylic acids is 1. The molecule has 6 heteroatoms. The highest BCUT2D eigenvalue weighted by atomic mass is 79.9. The number of benzene rings is 1. The van der Waals surface area contributed by atoms with E-state index in [1.807, 2.05) is 0 Å². The Bertz CT molecular complexity index is 472. The van der Waals surface area contributed by atoms with E-state index in [1.54, 1.807) is 0 Å². The number of amides is 1. The predicted octanol–water partition coefficient (Wildman–Crippen LogP) is 4.07. The van der Waals surface area contributed by atoms with Crippen molar-refractivity contribution in [2.45, 2.75) is 33.1 Å². The Morgan fingerprint density at radius 2 is 1.86 bits per heavy atom. The first-order valence-corrected chi connectivity index (χ1v) is 7.79. The first-order chi connectivity index (χ1) is 9.85. The first kappa shape index (κ1) is 18.0. The molecule has 1 unspecified atom stereocenters. The Morgan fingerprint density at radius 3 is 2.33 bits per heavy atom. The van der Waals surface area contributed by atoms with Crippen LogP contribution in [0, 0.1) is 23.5 Å². The van der Waals surface area contributed by atoms with E-state index in [0.29, 0.717) is 29.3 Å². The van der Waals surface area contributed by atoms with Crippen molar-refractivity contribution in [1.29, 1.82) is 0 Å². The van der Waals surface area contributed by atoms with E-state index >= 15 is 0 Å². The molecule has 3 nitrogen and oxygen atoms in total. The summed E-state index contributed by atoms with van der Waals surface area (Å²) in [5.41, 5.74) is 5.15. The number of hydrogen-bond donors (Lipinski definition) is 2. The van der Waals surface area contributed by atoms with Crippen LogP contribution in [-0.4, -0.2) is 12.5 Å². The zero-order valence-electron chi connectivity index (χ0n) is 12.3. The predicted molar refractivity (Wildman–Crippen MR) is 83.9 cm³/mol. The molecule has 1 atom stereocenters. The van der Waals surface area contributed by atoms with E-state index < -0.39 is 23.2 Å². The second-order valence-corrected chi connectivity index (χ2v) is 6.33. The minimum absolute atomic E-state index is 0.220. The van der Waals surface area contributed by atoms with Crippen LogP contribution < -0.4 is 11.1 Å². The quantitative estimate of drug-likeness (QED) is 0.767. The van der Waals surface area contributed by atoms with Crippen molar-refractivity contribution in [3.63, 3.8) is 0 Å². The molecular formula is C15H21BrF2N2O. The Balaban J connectivity index is 2.62. The third-order valence-electron chi connectivity index (χ3n) is 3.49. The van der Waals surface area contributed by atoms with Crippen molar-refractivity contribution in [2.24, 2.45) is 17.6 Å². The Kier molecular flexibility index (Phi) is 7.25. The van der Waals surface area contributed by atoms with E-state index in [0.717, 1.165) is 18.6 Å². The van der Waals surface area contributed by atoms with Gasteiger partial charge in [0.25, 0.3) is 0 Å². The fourth-order valence-electron chi connectivity index (χ4n) is 2.21. The lowest BCUT2D eigenvalue weighted by atomic mass is 9.88. The lowest BCUT2D eigenvalue weighted by Crippen LogP contribution is -2.19. The zero-order valence-corrected chi connectivity index (χ0v) is 13.8. The van der Waals surface area contributed by atoms with Crippen molar-refractivity contribution >= 4 is 27.5 Å². The van der Waals surface area contributed by atoms with E-state index in [1.165, 1.54) is 0 Å². The first-order valence-electron chi connectivity index (χ1n) is 6.99. The van der Waals surface area contributed by atoms with Crippen molar-refractivity contribution in [1.82, 2.24) is 0 Å². The lowest BCUT2D eigenvalue weighted by Gasteiger charge is -2.19. The van der Waals surface area contributed by atoms with Crippen LogP contribution in [0.3, 0.4) is 0 Å². The van der Waals surface area contributed by atoms with Gasteiger partial charge in [-0.3, -0.25) is 4.79 Å². The number of hydrogen-bond acceptors (Lipinski definition) is 2. The van der Waals surface area contributed by atoms with Crippen LogP contribution in [0.25, 0.3) is 0 Å². The molecule has 0 aliphatic carbocycles. The van der Waals surface area contributed by atoms with Crippen LogP contribution in [0.2, 0.25) is 0 Å². The average Bonchev–Trinajstić information content (AvgIpc) is 2.38. The smallest absolute Gasteiger partial charge is 0.224 e. The van der Waals surface area contributed by atoms with Crippen molar-refractivity contribution in [3.05, 3.63) is 28.2 Å². The summed E-state index contributed by atoms with van der Waals surface area (Å²) in [5.74, 6) is -1.23. The van der Waals surface area contributed by atoms with E-state index in [2.05, 4.69) is 35.1 Å². The van der Waals surface area contributed by atoms with Gasteiger partial charge in [-0.05, 0) is 43.4 Å². The molecule has 0 saturated heterocycles. The van der Waals surface area contributed by atoms with Gasteiger partial charge in [-0.1, -0.05) is 29.8 Å². The standard InChI is InChI=1S/C15H21BrF2N2O/c1-9(2)10(5-6-19)3-4-14(21)20-15-12(17)7-11(16)8-13(15)18/h7-10H,3-6,19H2,1-2H3,(H,20,21). The van der Waals surface area contributed by atoms with Crippen LogP contribution >= 0.6 is 15.9 Å². The molecule has 0 fully saturated rings. The Hall–Kier alpha value is -1.01. The second kappa shape index (κ2) is 8.44. The van der Waals surface area contributed by atoms with Crippen LogP contribution in [0.15, 0.2) is 16.6 Å². The third-order valence-corrected chi connectivity index (χ3v) is 3.95. The van der Waals surface area contributed by atoms with Crippen LogP contribution in [-0.2, 0) is 4.79 Å². The Morgan fingerprint density at radius 1 is 1.29 bits per heavy atom. The summed E-state index contributed by atoms with van der Waals surface area (Å²) < 4.78 is 27.5. The highest BCUT2D eigenvalue weighted by Crippen LogP contribution is 2.25. The van der Waals surface area contributed by atoms with Crippen molar-refractivity contribution in [3.8, 4) is 0 Å². The molecule has 0 aromatic heterocycles. The molecule has 1 amide bonds. The summed E-state index contributed by atoms with van der Waals surface area (Å²) in [6.45, 7) is 4.72. The molecule has 0 bridgehead atoms. The zero-order chi connectivity index (χ0) is 16.0. The van der Waals surface area contributed by atoms with Gasteiger partial charge in [-0.2, -0.15) is 0 Å².